The number of hydrogen-bond acceptors (Lipinski definition) is 1. The lowest BCUT2D eigenvalue weighted by atomic mass is 10.0. The first kappa shape index (κ1) is 20.5. The molecule has 2 N–H and O–H groups in total. The van der Waals surface area contributed by atoms with Crippen LogP contribution in [-0.2, 0) is 0 Å². The molecule has 0 unspecified atom stereocenters. The molecule has 0 aliphatic rings. The average molecular weight is 406 g/mol. The lowest BCUT2D eigenvalue weighted by Crippen LogP contribution is -1.87. The van der Waals surface area contributed by atoms with E-state index in [-0.39, 0.29) is 5.76 Å². The minimum atomic E-state index is 0.271. The molecule has 0 radical (unpaired) electrons. The fourth-order valence-electron chi connectivity index (χ4n) is 3.58. The number of hydrogen-bond donors (Lipinski definition) is 2. The first-order valence-corrected chi connectivity index (χ1v) is 10.6. The molecular weight excluding hydrogens is 378 g/mol. The molecular formula is C29H27NO. The van der Waals surface area contributed by atoms with Crippen LogP contribution in [0.3, 0.4) is 0 Å². The maximum Gasteiger partial charge on any atom is 0.123 e. The molecule has 0 atom stereocenters. The zero-order chi connectivity index (χ0) is 21.6. The summed E-state index contributed by atoms with van der Waals surface area (Å²) in [5.74, 6) is 0.271. The standard InChI is InChI=1S/C29H27NO/c1-21-11-15-23(16-12-21)25(19-29(31)24-17-13-22(2)14-18-24)7-3-4-8-26-20-30-28-10-6-5-9-27(26)28/h4-20,30-31H,3H2,1-2H3/b8-4+,25-7+,29-19-. The smallest absolute Gasteiger partial charge is 0.123 e. The van der Waals surface area contributed by atoms with Crippen LogP contribution < -0.4 is 0 Å². The number of aryl methyl sites for hydroxylation is 2. The third-order valence-corrected chi connectivity index (χ3v) is 5.42. The molecule has 2 nitrogen and oxygen atoms in total. The van der Waals surface area contributed by atoms with Gasteiger partial charge < -0.3 is 10.1 Å². The van der Waals surface area contributed by atoms with Gasteiger partial charge >= 0.3 is 0 Å². The Labute approximate surface area is 183 Å². The van der Waals surface area contributed by atoms with Crippen LogP contribution in [0.5, 0.6) is 0 Å². The number of H-pyrrole nitrogens is 1. The summed E-state index contributed by atoms with van der Waals surface area (Å²) in [6.45, 7) is 4.12. The molecule has 0 aliphatic carbocycles. The summed E-state index contributed by atoms with van der Waals surface area (Å²) in [6.07, 6.45) is 11.1. The quantitative estimate of drug-likeness (QED) is 0.248. The van der Waals surface area contributed by atoms with Gasteiger partial charge in [-0.25, -0.2) is 0 Å². The van der Waals surface area contributed by atoms with Gasteiger partial charge in [-0.3, -0.25) is 0 Å². The van der Waals surface area contributed by atoms with Gasteiger partial charge in [0.05, 0.1) is 0 Å². The minimum absolute atomic E-state index is 0.271. The molecule has 1 aromatic heterocycles. The van der Waals surface area contributed by atoms with Gasteiger partial charge in [0.25, 0.3) is 0 Å². The van der Waals surface area contributed by atoms with Gasteiger partial charge in [0, 0.05) is 22.7 Å². The van der Waals surface area contributed by atoms with Gasteiger partial charge in [-0.1, -0.05) is 96.1 Å². The average Bonchev–Trinajstić information content (AvgIpc) is 3.20. The maximum atomic E-state index is 10.7. The predicted octanol–water partition coefficient (Wildman–Crippen LogP) is 7.87. The molecule has 0 bridgehead atoms. The monoisotopic (exact) mass is 405 g/mol. The maximum absolute atomic E-state index is 10.7. The van der Waals surface area contributed by atoms with E-state index in [1.807, 2.05) is 49.5 Å². The Kier molecular flexibility index (Phi) is 6.18. The van der Waals surface area contributed by atoms with Gasteiger partial charge in [0.15, 0.2) is 0 Å². The summed E-state index contributed by atoms with van der Waals surface area (Å²) in [5, 5.41) is 11.9. The van der Waals surface area contributed by atoms with Crippen LogP contribution in [0, 0.1) is 13.8 Å². The first-order valence-electron chi connectivity index (χ1n) is 10.6. The summed E-state index contributed by atoms with van der Waals surface area (Å²) >= 11 is 0. The summed E-state index contributed by atoms with van der Waals surface area (Å²) in [5.41, 5.74) is 7.62. The summed E-state index contributed by atoms with van der Waals surface area (Å²) in [7, 11) is 0. The van der Waals surface area contributed by atoms with Crippen LogP contribution in [0.2, 0.25) is 0 Å². The Balaban J connectivity index is 1.60. The molecule has 0 saturated heterocycles. The van der Waals surface area contributed by atoms with E-state index >= 15 is 0 Å². The Morgan fingerprint density at radius 3 is 2.19 bits per heavy atom. The lowest BCUT2D eigenvalue weighted by Gasteiger charge is -2.07. The lowest BCUT2D eigenvalue weighted by molar-refractivity contribution is 0.512. The van der Waals surface area contributed by atoms with Crippen molar-refractivity contribution in [3.05, 3.63) is 125 Å². The van der Waals surface area contributed by atoms with E-state index in [4.69, 9.17) is 0 Å². The molecule has 0 spiro atoms. The molecule has 4 rings (SSSR count). The van der Waals surface area contributed by atoms with Crippen molar-refractivity contribution >= 4 is 28.3 Å². The van der Waals surface area contributed by atoms with Crippen LogP contribution in [0.25, 0.3) is 28.3 Å². The Morgan fingerprint density at radius 1 is 0.839 bits per heavy atom. The highest BCUT2D eigenvalue weighted by Crippen LogP contribution is 2.23. The van der Waals surface area contributed by atoms with E-state index in [0.29, 0.717) is 0 Å². The Bertz CT molecular complexity index is 1250. The second kappa shape index (κ2) is 9.36. The zero-order valence-electron chi connectivity index (χ0n) is 18.0. The van der Waals surface area contributed by atoms with Crippen LogP contribution in [-0.4, -0.2) is 10.1 Å². The van der Waals surface area contributed by atoms with E-state index in [2.05, 4.69) is 72.6 Å². The SMILES string of the molecule is Cc1ccc(/C(O)=C/C(=C\C/C=C/c2c[nH]c3ccccc23)c2ccc(C)cc2)cc1. The van der Waals surface area contributed by atoms with Crippen LogP contribution in [0.15, 0.2) is 97.2 Å². The molecule has 0 fully saturated rings. The largest absolute Gasteiger partial charge is 0.507 e. The number of rotatable bonds is 6. The summed E-state index contributed by atoms with van der Waals surface area (Å²) in [4.78, 5) is 3.31. The Hall–Kier alpha value is -3.78. The molecule has 0 amide bonds. The third kappa shape index (κ3) is 5.04. The van der Waals surface area contributed by atoms with Gasteiger partial charge in [-0.2, -0.15) is 0 Å². The van der Waals surface area contributed by atoms with Crippen molar-refractivity contribution in [3.8, 4) is 0 Å². The van der Waals surface area contributed by atoms with Crippen LogP contribution in [0.4, 0.5) is 0 Å². The van der Waals surface area contributed by atoms with Crippen LogP contribution >= 0.6 is 0 Å². The zero-order valence-corrected chi connectivity index (χ0v) is 18.0. The Morgan fingerprint density at radius 2 is 1.48 bits per heavy atom. The van der Waals surface area contributed by atoms with E-state index in [0.717, 1.165) is 28.6 Å². The van der Waals surface area contributed by atoms with E-state index in [9.17, 15) is 5.11 Å². The number of benzene rings is 3. The summed E-state index contributed by atoms with van der Waals surface area (Å²) in [6, 6.07) is 24.6. The predicted molar refractivity (Wildman–Crippen MR) is 133 cm³/mol. The van der Waals surface area contributed by atoms with Crippen molar-refractivity contribution in [2.45, 2.75) is 20.3 Å². The highest BCUT2D eigenvalue weighted by Gasteiger charge is 2.04. The van der Waals surface area contributed by atoms with Crippen molar-refractivity contribution < 1.29 is 5.11 Å². The topological polar surface area (TPSA) is 36.0 Å². The summed E-state index contributed by atoms with van der Waals surface area (Å²) < 4.78 is 0. The number of aliphatic hydroxyl groups excluding tert-OH is 1. The second-order valence-electron chi connectivity index (χ2n) is 7.85. The molecule has 2 heteroatoms. The van der Waals surface area contributed by atoms with Gasteiger partial charge in [-0.05, 0) is 49.1 Å². The molecule has 154 valence electrons. The first-order chi connectivity index (χ1) is 15.1. The molecule has 31 heavy (non-hydrogen) atoms. The third-order valence-electron chi connectivity index (χ3n) is 5.42. The number of fused-ring (bicyclic) bond motifs is 1. The van der Waals surface area contributed by atoms with Crippen molar-refractivity contribution in [2.24, 2.45) is 0 Å². The van der Waals surface area contributed by atoms with E-state index in [1.165, 1.54) is 22.1 Å². The van der Waals surface area contributed by atoms with Crippen molar-refractivity contribution in [1.29, 1.82) is 0 Å². The van der Waals surface area contributed by atoms with Gasteiger partial charge in [-0.15, -0.1) is 0 Å². The molecule has 1 heterocycles. The highest BCUT2D eigenvalue weighted by atomic mass is 16.3. The number of nitrogens with one attached hydrogen (secondary N) is 1. The van der Waals surface area contributed by atoms with Gasteiger partial charge in [0.1, 0.15) is 5.76 Å². The number of aromatic nitrogens is 1. The molecule has 3 aromatic carbocycles. The number of aliphatic hydroxyl groups is 1. The normalized spacial score (nSPS) is 12.7. The fourth-order valence-corrected chi connectivity index (χ4v) is 3.58. The van der Waals surface area contributed by atoms with Crippen molar-refractivity contribution in [2.75, 3.05) is 0 Å². The fraction of sp³-hybridized carbons (Fsp3) is 0.103. The van der Waals surface area contributed by atoms with Gasteiger partial charge in [0.2, 0.25) is 0 Å². The molecule has 0 aliphatic heterocycles. The highest BCUT2D eigenvalue weighted by molar-refractivity contribution is 5.88. The minimum Gasteiger partial charge on any atom is -0.507 e. The van der Waals surface area contributed by atoms with Crippen LogP contribution in [0.1, 0.15) is 34.2 Å². The number of aromatic amines is 1. The molecule has 0 saturated carbocycles. The number of para-hydroxylation sites is 1. The van der Waals surface area contributed by atoms with Crippen molar-refractivity contribution in [3.63, 3.8) is 0 Å². The second-order valence-corrected chi connectivity index (χ2v) is 7.85. The molecule has 4 aromatic rings. The van der Waals surface area contributed by atoms with Crippen molar-refractivity contribution in [1.82, 2.24) is 4.98 Å². The van der Waals surface area contributed by atoms with E-state index in [1.54, 1.807) is 0 Å². The number of allylic oxidation sites excluding steroid dienone is 4. The van der Waals surface area contributed by atoms with E-state index < -0.39 is 0 Å².